The van der Waals surface area contributed by atoms with Gasteiger partial charge in [0.2, 0.25) is 0 Å². The van der Waals surface area contributed by atoms with E-state index < -0.39 is 16.4 Å². The third-order valence-corrected chi connectivity index (χ3v) is 11.8. The number of esters is 1. The Kier molecular flexibility index (Phi) is 4.81. The minimum atomic E-state index is -1.07. The molecule has 4 fully saturated rings. The molecule has 184 valence electrons. The number of nitrogens with zero attached hydrogens (tertiary/aromatic N) is 1. The number of allylic oxidation sites excluding steroid dienone is 2. The first-order valence-corrected chi connectivity index (χ1v) is 13.3. The lowest BCUT2D eigenvalue weighted by molar-refractivity contribution is -0.205. The third-order valence-electron chi connectivity index (χ3n) is 11.8. The molecule has 5 aliphatic rings. The zero-order chi connectivity index (χ0) is 24.9. The first-order valence-electron chi connectivity index (χ1n) is 13.3. The molecule has 4 nitrogen and oxygen atoms in total. The molecule has 1 heterocycles. The van der Waals surface area contributed by atoms with Gasteiger partial charge in [0.05, 0.1) is 11.5 Å². The molecule has 4 heteroatoms. The van der Waals surface area contributed by atoms with Crippen LogP contribution in [-0.2, 0) is 14.3 Å². The van der Waals surface area contributed by atoms with E-state index in [9.17, 15) is 14.9 Å². The van der Waals surface area contributed by atoms with E-state index in [2.05, 4.69) is 54.2 Å². The molecule has 5 rings (SSSR count). The highest BCUT2D eigenvalue weighted by Gasteiger charge is 2.82. The average Bonchev–Trinajstić information content (AvgIpc) is 2.94. The average molecular weight is 464 g/mol. The normalized spacial score (nSPS) is 48.6. The largest absolute Gasteiger partial charge is 0.449 e. The van der Waals surface area contributed by atoms with Crippen LogP contribution in [0.25, 0.3) is 0 Å². The summed E-state index contributed by atoms with van der Waals surface area (Å²) in [6, 6.07) is 2.35. The monoisotopic (exact) mass is 463 g/mol. The number of rotatable bonds is 3. The van der Waals surface area contributed by atoms with E-state index >= 15 is 0 Å². The summed E-state index contributed by atoms with van der Waals surface area (Å²) in [4.78, 5) is 28.0. The second-order valence-corrected chi connectivity index (χ2v) is 13.8. The molecule has 1 aliphatic heterocycles. The summed E-state index contributed by atoms with van der Waals surface area (Å²) in [5, 5.41) is 9.46. The zero-order valence-electron chi connectivity index (χ0n) is 22.0. The SMILES string of the molecule is C=C(C)[C@@H]1CC[C@]2(C)C(=CC(=O)C34OC(=O)C5(CCC(C)(C)C[C@H]53)CC[C@]42C)[C@@]1(C)CCC#N. The van der Waals surface area contributed by atoms with Crippen LogP contribution in [0.3, 0.4) is 0 Å². The fraction of sp³-hybridized carbons (Fsp3) is 0.767. The number of carbonyl (C=O) groups is 2. The Morgan fingerprint density at radius 1 is 1.12 bits per heavy atom. The van der Waals surface area contributed by atoms with Gasteiger partial charge in [-0.2, -0.15) is 5.26 Å². The molecule has 0 amide bonds. The molecule has 1 spiro atoms. The van der Waals surface area contributed by atoms with Crippen LogP contribution < -0.4 is 0 Å². The van der Waals surface area contributed by atoms with Crippen LogP contribution in [0, 0.1) is 50.2 Å². The Hall–Kier alpha value is -1.89. The van der Waals surface area contributed by atoms with Gasteiger partial charge in [0.1, 0.15) is 0 Å². The van der Waals surface area contributed by atoms with Crippen LogP contribution in [0.5, 0.6) is 0 Å². The van der Waals surface area contributed by atoms with Gasteiger partial charge < -0.3 is 4.74 Å². The van der Waals surface area contributed by atoms with Gasteiger partial charge in [-0.15, -0.1) is 0 Å². The number of ether oxygens (including phenoxy) is 1. The van der Waals surface area contributed by atoms with Gasteiger partial charge in [-0.05, 0) is 86.5 Å². The van der Waals surface area contributed by atoms with Gasteiger partial charge in [-0.25, -0.2) is 0 Å². The third kappa shape index (κ3) is 2.50. The summed E-state index contributed by atoms with van der Waals surface area (Å²) in [6.07, 6.45) is 9.36. The van der Waals surface area contributed by atoms with Crippen molar-refractivity contribution >= 4 is 11.8 Å². The summed E-state index contributed by atoms with van der Waals surface area (Å²) >= 11 is 0. The number of carbonyl (C=O) groups excluding carboxylic acids is 2. The lowest BCUT2D eigenvalue weighted by atomic mass is 9.34. The van der Waals surface area contributed by atoms with Crippen LogP contribution in [0.4, 0.5) is 0 Å². The standard InChI is InChI=1S/C30H41NO3/c1-19(2)20-9-11-27(6)21(26(20,5)10-8-16-31)17-23(32)30-22-18-25(3,4)12-14-29(22,24(33)34-30)15-13-28(27,30)7/h17,20,22H,1,8-15,18H2,2-7H3/t20-,22+,26-,27+,28-,29?,30?/m0/s1. The molecule has 0 aromatic rings. The molecule has 7 atom stereocenters. The molecule has 2 bridgehead atoms. The summed E-state index contributed by atoms with van der Waals surface area (Å²) < 4.78 is 6.46. The van der Waals surface area contributed by atoms with Gasteiger partial charge in [0, 0.05) is 17.8 Å². The summed E-state index contributed by atoms with van der Waals surface area (Å²) in [5.74, 6) is 0.0773. The van der Waals surface area contributed by atoms with Gasteiger partial charge in [-0.3, -0.25) is 9.59 Å². The lowest BCUT2D eigenvalue weighted by Crippen LogP contribution is -2.71. The first kappa shape index (κ1) is 23.8. The number of hydrogen-bond acceptors (Lipinski definition) is 4. The van der Waals surface area contributed by atoms with Gasteiger partial charge in [0.15, 0.2) is 11.4 Å². The molecule has 0 aromatic heterocycles. The van der Waals surface area contributed by atoms with E-state index in [4.69, 9.17) is 4.74 Å². The highest BCUT2D eigenvalue weighted by atomic mass is 16.6. The first-order chi connectivity index (χ1) is 15.7. The second-order valence-electron chi connectivity index (χ2n) is 13.8. The van der Waals surface area contributed by atoms with Crippen LogP contribution >= 0.6 is 0 Å². The van der Waals surface area contributed by atoms with E-state index in [1.165, 1.54) is 5.57 Å². The smallest absolute Gasteiger partial charge is 0.313 e. The van der Waals surface area contributed by atoms with Crippen molar-refractivity contribution in [3.8, 4) is 6.07 Å². The quantitative estimate of drug-likeness (QED) is 0.345. The Morgan fingerprint density at radius 3 is 2.44 bits per heavy atom. The number of hydrogen-bond donors (Lipinski definition) is 0. The molecular weight excluding hydrogens is 422 g/mol. The molecule has 0 aromatic carbocycles. The van der Waals surface area contributed by atoms with Crippen molar-refractivity contribution in [1.29, 1.82) is 5.26 Å². The fourth-order valence-corrected chi connectivity index (χ4v) is 9.67. The molecule has 0 N–H and O–H groups in total. The van der Waals surface area contributed by atoms with Crippen LogP contribution in [0.2, 0.25) is 0 Å². The van der Waals surface area contributed by atoms with Crippen molar-refractivity contribution in [2.75, 3.05) is 0 Å². The Labute approximate surface area is 205 Å². The Morgan fingerprint density at radius 2 is 1.79 bits per heavy atom. The van der Waals surface area contributed by atoms with Crippen LogP contribution in [-0.4, -0.2) is 17.4 Å². The maximum atomic E-state index is 14.4. The van der Waals surface area contributed by atoms with Crippen molar-refractivity contribution < 1.29 is 14.3 Å². The van der Waals surface area contributed by atoms with Crippen LogP contribution in [0.15, 0.2) is 23.8 Å². The van der Waals surface area contributed by atoms with Crippen molar-refractivity contribution in [3.05, 3.63) is 23.8 Å². The summed E-state index contributed by atoms with van der Waals surface area (Å²) in [7, 11) is 0. The highest BCUT2D eigenvalue weighted by Crippen LogP contribution is 2.77. The summed E-state index contributed by atoms with van der Waals surface area (Å²) in [6.45, 7) is 17.8. The van der Waals surface area contributed by atoms with Gasteiger partial charge >= 0.3 is 5.97 Å². The minimum Gasteiger partial charge on any atom is -0.449 e. The topological polar surface area (TPSA) is 67.2 Å². The van der Waals surface area contributed by atoms with Crippen LogP contribution in [0.1, 0.15) is 99.3 Å². The molecule has 2 unspecified atom stereocenters. The zero-order valence-corrected chi connectivity index (χ0v) is 22.0. The molecule has 3 saturated carbocycles. The summed E-state index contributed by atoms with van der Waals surface area (Å²) in [5.41, 5.74) is -0.174. The molecular formula is C30H41NO3. The molecule has 4 aliphatic carbocycles. The number of ketones is 1. The van der Waals surface area contributed by atoms with Crippen molar-refractivity contribution in [1.82, 2.24) is 0 Å². The van der Waals surface area contributed by atoms with E-state index in [1.807, 2.05) is 6.08 Å². The molecule has 1 saturated heterocycles. The van der Waals surface area contributed by atoms with Gasteiger partial charge in [-0.1, -0.05) is 52.3 Å². The number of fused-ring (bicyclic) bond motifs is 2. The van der Waals surface area contributed by atoms with E-state index in [0.29, 0.717) is 6.42 Å². The van der Waals surface area contributed by atoms with Crippen molar-refractivity contribution in [3.63, 3.8) is 0 Å². The number of nitriles is 1. The Bertz CT molecular complexity index is 1060. The van der Waals surface area contributed by atoms with E-state index in [1.54, 1.807) is 0 Å². The Balaban J connectivity index is 1.73. The lowest BCUT2D eigenvalue weighted by Gasteiger charge is -2.68. The van der Waals surface area contributed by atoms with Crippen molar-refractivity contribution in [2.45, 2.75) is 105 Å². The minimum absolute atomic E-state index is 0.00523. The molecule has 34 heavy (non-hydrogen) atoms. The fourth-order valence-electron chi connectivity index (χ4n) is 9.67. The highest BCUT2D eigenvalue weighted by molar-refractivity contribution is 6.05. The second kappa shape index (κ2) is 6.86. The van der Waals surface area contributed by atoms with Crippen molar-refractivity contribution in [2.24, 2.45) is 38.9 Å². The predicted molar refractivity (Wildman–Crippen MR) is 131 cm³/mol. The van der Waals surface area contributed by atoms with E-state index in [-0.39, 0.29) is 39.8 Å². The maximum absolute atomic E-state index is 14.4. The van der Waals surface area contributed by atoms with Gasteiger partial charge in [0.25, 0.3) is 0 Å². The molecule has 0 radical (unpaired) electrons. The van der Waals surface area contributed by atoms with E-state index in [0.717, 1.165) is 56.9 Å². The maximum Gasteiger partial charge on any atom is 0.313 e. The predicted octanol–water partition coefficient (Wildman–Crippen LogP) is 6.71.